The summed E-state index contributed by atoms with van der Waals surface area (Å²) in [5.41, 5.74) is 1.13. The molecule has 1 aliphatic rings. The van der Waals surface area contributed by atoms with E-state index in [0.29, 0.717) is 32.0 Å². The van der Waals surface area contributed by atoms with Gasteiger partial charge in [0.25, 0.3) is 0 Å². The standard InChI is InChI=1S/C16H24N2O3/c1-12(2)13-3-5-14(6-4-13)18-15(19)17-11-16(20)7-9-21-10-8-16/h3-6,12,20H,7-11H2,1-2H3,(H2,17,18,19). The lowest BCUT2D eigenvalue weighted by Gasteiger charge is -2.32. The molecule has 116 valence electrons. The van der Waals surface area contributed by atoms with Gasteiger partial charge in [0.2, 0.25) is 0 Å². The van der Waals surface area contributed by atoms with Gasteiger partial charge in [-0.1, -0.05) is 26.0 Å². The largest absolute Gasteiger partial charge is 0.388 e. The number of carbonyl (C=O) groups excluding carboxylic acids is 1. The summed E-state index contributed by atoms with van der Waals surface area (Å²) in [6.07, 6.45) is 1.10. The van der Waals surface area contributed by atoms with Crippen LogP contribution < -0.4 is 10.6 Å². The van der Waals surface area contributed by atoms with Gasteiger partial charge in [-0.25, -0.2) is 4.79 Å². The number of carbonyl (C=O) groups is 1. The number of ether oxygens (including phenoxy) is 1. The van der Waals surface area contributed by atoms with Gasteiger partial charge in [-0.2, -0.15) is 0 Å². The van der Waals surface area contributed by atoms with Crippen LogP contribution in [-0.2, 0) is 4.74 Å². The molecule has 0 atom stereocenters. The fourth-order valence-corrected chi connectivity index (χ4v) is 2.30. The van der Waals surface area contributed by atoms with Crippen molar-refractivity contribution in [1.29, 1.82) is 0 Å². The molecule has 1 fully saturated rings. The van der Waals surface area contributed by atoms with E-state index in [1.807, 2.05) is 24.3 Å². The van der Waals surface area contributed by atoms with E-state index in [1.165, 1.54) is 5.56 Å². The van der Waals surface area contributed by atoms with Gasteiger partial charge in [0, 0.05) is 38.3 Å². The SMILES string of the molecule is CC(C)c1ccc(NC(=O)NCC2(O)CCOCC2)cc1. The highest BCUT2D eigenvalue weighted by Gasteiger charge is 2.30. The van der Waals surface area contributed by atoms with Crippen LogP contribution in [0.3, 0.4) is 0 Å². The van der Waals surface area contributed by atoms with E-state index in [9.17, 15) is 9.90 Å². The van der Waals surface area contributed by atoms with Crippen LogP contribution in [0.2, 0.25) is 0 Å². The smallest absolute Gasteiger partial charge is 0.319 e. The number of anilines is 1. The van der Waals surface area contributed by atoms with Gasteiger partial charge in [-0.05, 0) is 23.6 Å². The molecule has 0 unspecified atom stereocenters. The summed E-state index contributed by atoms with van der Waals surface area (Å²) in [5.74, 6) is 0.468. The molecule has 21 heavy (non-hydrogen) atoms. The van der Waals surface area contributed by atoms with E-state index in [0.717, 1.165) is 5.69 Å². The van der Waals surface area contributed by atoms with Crippen LogP contribution in [0.5, 0.6) is 0 Å². The van der Waals surface area contributed by atoms with Crippen molar-refractivity contribution in [3.05, 3.63) is 29.8 Å². The zero-order chi connectivity index (χ0) is 15.3. The summed E-state index contributed by atoms with van der Waals surface area (Å²) >= 11 is 0. The third kappa shape index (κ3) is 4.72. The molecule has 1 aliphatic heterocycles. The number of hydrogen-bond donors (Lipinski definition) is 3. The molecule has 5 heteroatoms. The Bertz CT molecular complexity index is 465. The van der Waals surface area contributed by atoms with Gasteiger partial charge in [0.15, 0.2) is 0 Å². The molecular weight excluding hydrogens is 268 g/mol. The van der Waals surface area contributed by atoms with Crippen LogP contribution in [0.25, 0.3) is 0 Å². The lowest BCUT2D eigenvalue weighted by molar-refractivity contribution is -0.0598. The molecule has 1 aromatic carbocycles. The van der Waals surface area contributed by atoms with Crippen molar-refractivity contribution in [1.82, 2.24) is 5.32 Å². The van der Waals surface area contributed by atoms with Gasteiger partial charge in [0.05, 0.1) is 5.60 Å². The van der Waals surface area contributed by atoms with Crippen LogP contribution in [-0.4, -0.2) is 36.5 Å². The van der Waals surface area contributed by atoms with E-state index >= 15 is 0 Å². The second-order valence-electron chi connectivity index (χ2n) is 5.92. The molecule has 5 nitrogen and oxygen atoms in total. The number of nitrogens with one attached hydrogen (secondary N) is 2. The molecule has 0 saturated carbocycles. The molecule has 2 rings (SSSR count). The maximum atomic E-state index is 11.9. The minimum atomic E-state index is -0.850. The summed E-state index contributed by atoms with van der Waals surface area (Å²) in [6.45, 7) is 5.58. The molecule has 0 aliphatic carbocycles. The third-order valence-electron chi connectivity index (χ3n) is 3.84. The van der Waals surface area contributed by atoms with Gasteiger partial charge in [0.1, 0.15) is 0 Å². The monoisotopic (exact) mass is 292 g/mol. The van der Waals surface area contributed by atoms with Crippen LogP contribution in [0.4, 0.5) is 10.5 Å². The Kier molecular flexibility index (Phi) is 5.20. The Morgan fingerprint density at radius 2 is 1.90 bits per heavy atom. The van der Waals surface area contributed by atoms with E-state index in [-0.39, 0.29) is 12.6 Å². The predicted molar refractivity (Wildman–Crippen MR) is 82.6 cm³/mol. The summed E-state index contributed by atoms with van der Waals surface area (Å²) < 4.78 is 5.21. The minimum Gasteiger partial charge on any atom is -0.388 e. The second-order valence-corrected chi connectivity index (χ2v) is 5.92. The first-order valence-corrected chi connectivity index (χ1v) is 7.43. The van der Waals surface area contributed by atoms with Crippen LogP contribution >= 0.6 is 0 Å². The van der Waals surface area contributed by atoms with Gasteiger partial charge >= 0.3 is 6.03 Å². The maximum absolute atomic E-state index is 11.9. The van der Waals surface area contributed by atoms with Crippen LogP contribution in [0.15, 0.2) is 24.3 Å². The summed E-state index contributed by atoms with van der Waals surface area (Å²) in [6, 6.07) is 7.49. The highest BCUT2D eigenvalue weighted by atomic mass is 16.5. The highest BCUT2D eigenvalue weighted by Crippen LogP contribution is 2.19. The van der Waals surface area contributed by atoms with Gasteiger partial charge < -0.3 is 20.5 Å². The first kappa shape index (κ1) is 15.8. The quantitative estimate of drug-likeness (QED) is 0.798. The molecule has 0 aromatic heterocycles. The van der Waals surface area contributed by atoms with E-state index < -0.39 is 5.60 Å². The zero-order valence-electron chi connectivity index (χ0n) is 12.7. The Hall–Kier alpha value is -1.59. The van der Waals surface area contributed by atoms with Crippen LogP contribution in [0.1, 0.15) is 38.2 Å². The Balaban J connectivity index is 1.81. The van der Waals surface area contributed by atoms with Crippen molar-refractivity contribution in [3.8, 4) is 0 Å². The van der Waals surface area contributed by atoms with E-state index in [4.69, 9.17) is 4.74 Å². The lowest BCUT2D eigenvalue weighted by atomic mass is 9.94. The Morgan fingerprint density at radius 1 is 1.29 bits per heavy atom. The molecule has 0 spiro atoms. The number of aliphatic hydroxyl groups is 1. The summed E-state index contributed by atoms with van der Waals surface area (Å²) in [7, 11) is 0. The predicted octanol–water partition coefficient (Wildman–Crippen LogP) is 2.47. The van der Waals surface area contributed by atoms with Crippen molar-refractivity contribution in [3.63, 3.8) is 0 Å². The first-order chi connectivity index (χ1) is 9.98. The number of benzene rings is 1. The molecule has 1 heterocycles. The molecule has 0 radical (unpaired) electrons. The van der Waals surface area contributed by atoms with Crippen molar-refractivity contribution in [2.75, 3.05) is 25.1 Å². The van der Waals surface area contributed by atoms with Crippen molar-refractivity contribution < 1.29 is 14.6 Å². The van der Waals surface area contributed by atoms with Crippen molar-refractivity contribution in [2.24, 2.45) is 0 Å². The van der Waals surface area contributed by atoms with E-state index in [1.54, 1.807) is 0 Å². The van der Waals surface area contributed by atoms with Crippen molar-refractivity contribution >= 4 is 11.7 Å². The fraction of sp³-hybridized carbons (Fsp3) is 0.562. The van der Waals surface area contributed by atoms with Crippen molar-refractivity contribution in [2.45, 2.75) is 38.2 Å². The van der Waals surface area contributed by atoms with E-state index in [2.05, 4.69) is 24.5 Å². The molecule has 2 amide bonds. The molecule has 0 bridgehead atoms. The van der Waals surface area contributed by atoms with Crippen LogP contribution in [0, 0.1) is 0 Å². The lowest BCUT2D eigenvalue weighted by Crippen LogP contribution is -2.47. The third-order valence-corrected chi connectivity index (χ3v) is 3.84. The maximum Gasteiger partial charge on any atom is 0.319 e. The second kappa shape index (κ2) is 6.91. The molecular formula is C16H24N2O3. The zero-order valence-corrected chi connectivity index (χ0v) is 12.7. The highest BCUT2D eigenvalue weighted by molar-refractivity contribution is 5.89. The Labute approximate surface area is 125 Å². The molecule has 1 aromatic rings. The normalized spacial score (nSPS) is 17.5. The minimum absolute atomic E-state index is 0.242. The topological polar surface area (TPSA) is 70.6 Å². The van der Waals surface area contributed by atoms with Gasteiger partial charge in [-0.3, -0.25) is 0 Å². The number of hydrogen-bond acceptors (Lipinski definition) is 3. The summed E-state index contributed by atoms with van der Waals surface area (Å²) in [5, 5.41) is 15.8. The summed E-state index contributed by atoms with van der Waals surface area (Å²) in [4.78, 5) is 11.9. The van der Waals surface area contributed by atoms with Gasteiger partial charge in [-0.15, -0.1) is 0 Å². The molecule has 3 N–H and O–H groups in total. The average molecular weight is 292 g/mol. The number of urea groups is 1. The number of rotatable bonds is 4. The fourth-order valence-electron chi connectivity index (χ4n) is 2.30. The Morgan fingerprint density at radius 3 is 2.48 bits per heavy atom. The average Bonchev–Trinajstić information content (AvgIpc) is 2.47. The molecule has 1 saturated heterocycles. The first-order valence-electron chi connectivity index (χ1n) is 7.43. The number of amides is 2.